The van der Waals surface area contributed by atoms with Crippen LogP contribution in [0.25, 0.3) is 0 Å². The van der Waals surface area contributed by atoms with Gasteiger partial charge in [-0.3, -0.25) is 4.90 Å². The van der Waals surface area contributed by atoms with Gasteiger partial charge >= 0.3 is 0 Å². The van der Waals surface area contributed by atoms with E-state index in [9.17, 15) is 0 Å². The van der Waals surface area contributed by atoms with E-state index >= 15 is 0 Å². The molecule has 0 aromatic carbocycles. The molecule has 1 atom stereocenters. The highest BCUT2D eigenvalue weighted by atomic mass is 16.5. The van der Waals surface area contributed by atoms with Crippen molar-refractivity contribution in [2.45, 2.75) is 45.7 Å². The predicted octanol–water partition coefficient (Wildman–Crippen LogP) is 2.94. The molecule has 0 bridgehead atoms. The molecule has 0 amide bonds. The third-order valence-corrected chi connectivity index (χ3v) is 3.65. The van der Waals surface area contributed by atoms with Crippen molar-refractivity contribution in [3.63, 3.8) is 0 Å². The van der Waals surface area contributed by atoms with Crippen LogP contribution in [0, 0.1) is 6.92 Å². The van der Waals surface area contributed by atoms with Gasteiger partial charge in [-0.1, -0.05) is 0 Å². The topological polar surface area (TPSA) is 25.4 Å². The molecule has 2 heterocycles. The molecule has 1 aliphatic rings. The van der Waals surface area contributed by atoms with Crippen LogP contribution in [-0.4, -0.2) is 29.6 Å². The van der Waals surface area contributed by atoms with E-state index in [0.717, 1.165) is 0 Å². The summed E-state index contributed by atoms with van der Waals surface area (Å²) in [6.45, 7) is 7.89. The van der Waals surface area contributed by atoms with Gasteiger partial charge in [0.2, 0.25) is 5.88 Å². The molecule has 0 unspecified atom stereocenters. The van der Waals surface area contributed by atoms with Gasteiger partial charge < -0.3 is 4.74 Å². The van der Waals surface area contributed by atoms with Crippen molar-refractivity contribution >= 4 is 0 Å². The standard InChI is InChI=1S/C14H22N2O/c1-10(2)16-7-5-6-13(16)12-9-15-14(17-4)8-11(12)3/h8-10,13H,5-7H2,1-4H3/t13-/m0/s1. The third kappa shape index (κ3) is 2.44. The van der Waals surface area contributed by atoms with E-state index in [1.165, 1.54) is 30.5 Å². The predicted molar refractivity (Wildman–Crippen MR) is 69.3 cm³/mol. The number of likely N-dealkylation sites (tertiary alicyclic amines) is 1. The number of ether oxygens (including phenoxy) is 1. The molecule has 1 aliphatic heterocycles. The van der Waals surface area contributed by atoms with Gasteiger partial charge in [-0.15, -0.1) is 0 Å². The Balaban J connectivity index is 2.27. The van der Waals surface area contributed by atoms with Crippen molar-refractivity contribution in [2.75, 3.05) is 13.7 Å². The van der Waals surface area contributed by atoms with E-state index in [-0.39, 0.29) is 0 Å². The summed E-state index contributed by atoms with van der Waals surface area (Å²) in [5, 5.41) is 0. The molecule has 2 rings (SSSR count). The first-order chi connectivity index (χ1) is 8.13. The van der Waals surface area contributed by atoms with Crippen LogP contribution in [0.1, 0.15) is 43.9 Å². The second-order valence-corrected chi connectivity index (χ2v) is 5.07. The summed E-state index contributed by atoms with van der Waals surface area (Å²) in [5.74, 6) is 0.709. The first-order valence-electron chi connectivity index (χ1n) is 6.39. The van der Waals surface area contributed by atoms with E-state index in [4.69, 9.17) is 4.74 Å². The minimum absolute atomic E-state index is 0.536. The molecule has 17 heavy (non-hydrogen) atoms. The Morgan fingerprint density at radius 1 is 1.47 bits per heavy atom. The summed E-state index contributed by atoms with van der Waals surface area (Å²) in [6, 6.07) is 3.17. The highest BCUT2D eigenvalue weighted by Crippen LogP contribution is 2.35. The average molecular weight is 234 g/mol. The molecule has 1 aromatic heterocycles. The Morgan fingerprint density at radius 3 is 2.82 bits per heavy atom. The largest absolute Gasteiger partial charge is 0.481 e. The zero-order valence-electron chi connectivity index (χ0n) is 11.2. The molecule has 0 N–H and O–H groups in total. The number of aromatic nitrogens is 1. The molecule has 0 spiro atoms. The minimum Gasteiger partial charge on any atom is -0.481 e. The zero-order valence-corrected chi connectivity index (χ0v) is 11.2. The van der Waals surface area contributed by atoms with Gasteiger partial charge in [0.05, 0.1) is 7.11 Å². The maximum absolute atomic E-state index is 5.16. The SMILES string of the molecule is COc1cc(C)c([C@@H]2CCCN2C(C)C)cn1. The summed E-state index contributed by atoms with van der Waals surface area (Å²) in [4.78, 5) is 6.91. The Kier molecular flexibility index (Phi) is 3.67. The molecule has 0 aliphatic carbocycles. The van der Waals surface area contributed by atoms with E-state index in [2.05, 4.69) is 30.7 Å². The molecule has 0 saturated carbocycles. The van der Waals surface area contributed by atoms with Crippen molar-refractivity contribution in [1.29, 1.82) is 0 Å². The first-order valence-corrected chi connectivity index (χ1v) is 6.39. The van der Waals surface area contributed by atoms with Crippen LogP contribution in [0.2, 0.25) is 0 Å². The lowest BCUT2D eigenvalue weighted by molar-refractivity contribution is 0.204. The van der Waals surface area contributed by atoms with Gasteiger partial charge in [0.1, 0.15) is 0 Å². The monoisotopic (exact) mass is 234 g/mol. The molecule has 3 heteroatoms. The molecule has 94 valence electrons. The lowest BCUT2D eigenvalue weighted by Gasteiger charge is -2.29. The fourth-order valence-corrected chi connectivity index (χ4v) is 2.74. The van der Waals surface area contributed by atoms with E-state index in [1.807, 2.05) is 12.3 Å². The van der Waals surface area contributed by atoms with Crippen molar-refractivity contribution < 1.29 is 4.74 Å². The van der Waals surface area contributed by atoms with Crippen LogP contribution in [-0.2, 0) is 0 Å². The summed E-state index contributed by atoms with van der Waals surface area (Å²) < 4.78 is 5.16. The summed E-state index contributed by atoms with van der Waals surface area (Å²) in [5.41, 5.74) is 2.64. The number of hydrogen-bond donors (Lipinski definition) is 0. The van der Waals surface area contributed by atoms with Crippen LogP contribution in [0.4, 0.5) is 0 Å². The number of rotatable bonds is 3. The fourth-order valence-electron chi connectivity index (χ4n) is 2.74. The maximum Gasteiger partial charge on any atom is 0.213 e. The second kappa shape index (κ2) is 5.05. The second-order valence-electron chi connectivity index (χ2n) is 5.07. The first kappa shape index (κ1) is 12.4. The number of methoxy groups -OCH3 is 1. The van der Waals surface area contributed by atoms with Crippen LogP contribution in [0.15, 0.2) is 12.3 Å². The van der Waals surface area contributed by atoms with E-state index < -0.39 is 0 Å². The molecule has 0 radical (unpaired) electrons. The van der Waals surface area contributed by atoms with Gasteiger partial charge in [0.25, 0.3) is 0 Å². The van der Waals surface area contributed by atoms with Crippen LogP contribution in [0.3, 0.4) is 0 Å². The average Bonchev–Trinajstić information content (AvgIpc) is 2.77. The number of hydrogen-bond acceptors (Lipinski definition) is 3. The normalized spacial score (nSPS) is 21.1. The zero-order chi connectivity index (χ0) is 12.4. The Morgan fingerprint density at radius 2 is 2.24 bits per heavy atom. The smallest absolute Gasteiger partial charge is 0.213 e. The lowest BCUT2D eigenvalue weighted by atomic mass is 10.0. The summed E-state index contributed by atoms with van der Waals surface area (Å²) in [6.07, 6.45) is 4.51. The molecule has 3 nitrogen and oxygen atoms in total. The number of nitrogens with zero attached hydrogens (tertiary/aromatic N) is 2. The number of aryl methyl sites for hydroxylation is 1. The molecule has 1 fully saturated rings. The highest BCUT2D eigenvalue weighted by Gasteiger charge is 2.29. The third-order valence-electron chi connectivity index (χ3n) is 3.65. The van der Waals surface area contributed by atoms with Gasteiger partial charge in [-0.25, -0.2) is 4.98 Å². The van der Waals surface area contributed by atoms with E-state index in [1.54, 1.807) is 7.11 Å². The van der Waals surface area contributed by atoms with Crippen molar-refractivity contribution in [2.24, 2.45) is 0 Å². The Labute approximate surface area is 104 Å². The summed E-state index contributed by atoms with van der Waals surface area (Å²) >= 11 is 0. The number of pyridine rings is 1. The molecule has 1 saturated heterocycles. The lowest BCUT2D eigenvalue weighted by Crippen LogP contribution is -2.30. The van der Waals surface area contributed by atoms with Gasteiger partial charge in [-0.05, 0) is 51.3 Å². The molecule has 1 aromatic rings. The fraction of sp³-hybridized carbons (Fsp3) is 0.643. The molecular weight excluding hydrogens is 212 g/mol. The van der Waals surface area contributed by atoms with E-state index in [0.29, 0.717) is 18.0 Å². The highest BCUT2D eigenvalue weighted by molar-refractivity contribution is 5.31. The minimum atomic E-state index is 0.536. The van der Waals surface area contributed by atoms with Crippen LogP contribution < -0.4 is 4.74 Å². The van der Waals surface area contributed by atoms with Crippen molar-refractivity contribution in [3.05, 3.63) is 23.4 Å². The van der Waals surface area contributed by atoms with Crippen LogP contribution >= 0.6 is 0 Å². The van der Waals surface area contributed by atoms with Crippen molar-refractivity contribution in [3.8, 4) is 5.88 Å². The molecular formula is C14H22N2O. The van der Waals surface area contributed by atoms with Crippen LogP contribution in [0.5, 0.6) is 5.88 Å². The van der Waals surface area contributed by atoms with Gasteiger partial charge in [0, 0.05) is 24.3 Å². The van der Waals surface area contributed by atoms with Gasteiger partial charge in [0.15, 0.2) is 0 Å². The van der Waals surface area contributed by atoms with Gasteiger partial charge in [-0.2, -0.15) is 0 Å². The quantitative estimate of drug-likeness (QED) is 0.804. The summed E-state index contributed by atoms with van der Waals surface area (Å²) in [7, 11) is 1.66. The van der Waals surface area contributed by atoms with Crippen molar-refractivity contribution in [1.82, 2.24) is 9.88 Å². The Bertz CT molecular complexity index is 390. The maximum atomic E-state index is 5.16. The Hall–Kier alpha value is -1.09.